The maximum absolute atomic E-state index is 12.7. The second-order valence-electron chi connectivity index (χ2n) is 5.22. The van der Waals surface area contributed by atoms with Crippen LogP contribution >= 0.6 is 0 Å². The number of aromatic nitrogens is 2. The monoisotopic (exact) mass is 278 g/mol. The first-order valence-corrected chi connectivity index (χ1v) is 7.20. The molecule has 1 aromatic heterocycles. The van der Waals surface area contributed by atoms with E-state index in [0.717, 1.165) is 18.7 Å². The lowest BCUT2D eigenvalue weighted by molar-refractivity contribution is -0.126. The Morgan fingerprint density at radius 3 is 2.80 bits per heavy atom. The molecular weight excluding hydrogens is 256 g/mol. The fraction of sp³-hybridized carbons (Fsp3) is 0.643. The van der Waals surface area contributed by atoms with Crippen LogP contribution in [0, 0.1) is 5.92 Å². The zero-order chi connectivity index (χ0) is 14.7. The SMILES string of the molecule is CCC(C)C1NC(=O)CCN(c2cnn(CC)c2)C1=O. The van der Waals surface area contributed by atoms with Gasteiger partial charge in [-0.05, 0) is 12.8 Å². The summed E-state index contributed by atoms with van der Waals surface area (Å²) in [7, 11) is 0. The van der Waals surface area contributed by atoms with Crippen molar-refractivity contribution in [3.05, 3.63) is 12.4 Å². The Kier molecular flexibility index (Phi) is 4.42. The average Bonchev–Trinajstić information content (AvgIpc) is 2.87. The van der Waals surface area contributed by atoms with E-state index in [0.29, 0.717) is 13.0 Å². The fourth-order valence-electron chi connectivity index (χ4n) is 2.34. The molecule has 0 aromatic carbocycles. The van der Waals surface area contributed by atoms with E-state index in [1.807, 2.05) is 27.0 Å². The lowest BCUT2D eigenvalue weighted by atomic mass is 9.98. The molecule has 1 saturated heterocycles. The van der Waals surface area contributed by atoms with Crippen molar-refractivity contribution < 1.29 is 9.59 Å². The summed E-state index contributed by atoms with van der Waals surface area (Å²) in [5.41, 5.74) is 0.765. The summed E-state index contributed by atoms with van der Waals surface area (Å²) in [4.78, 5) is 26.1. The zero-order valence-electron chi connectivity index (χ0n) is 12.3. The molecule has 2 atom stereocenters. The number of nitrogens with zero attached hydrogens (tertiary/aromatic N) is 3. The van der Waals surface area contributed by atoms with Crippen LogP contribution in [0.5, 0.6) is 0 Å². The number of carbonyl (C=O) groups is 2. The molecule has 20 heavy (non-hydrogen) atoms. The van der Waals surface area contributed by atoms with Gasteiger partial charge in [0.15, 0.2) is 0 Å². The molecule has 1 aliphatic heterocycles. The normalized spacial score (nSPS) is 21.6. The van der Waals surface area contributed by atoms with E-state index >= 15 is 0 Å². The van der Waals surface area contributed by atoms with Gasteiger partial charge in [0, 0.05) is 25.7 Å². The number of anilines is 1. The standard InChI is InChI=1S/C14H22N4O2/c1-4-10(3)13-14(20)18(7-6-12(19)16-13)11-8-15-17(5-2)9-11/h8-10,13H,4-7H2,1-3H3,(H,16,19). The van der Waals surface area contributed by atoms with Crippen molar-refractivity contribution in [1.82, 2.24) is 15.1 Å². The second-order valence-corrected chi connectivity index (χ2v) is 5.22. The van der Waals surface area contributed by atoms with Crippen molar-refractivity contribution in [3.8, 4) is 0 Å². The third-order valence-electron chi connectivity index (χ3n) is 3.88. The van der Waals surface area contributed by atoms with E-state index in [1.165, 1.54) is 0 Å². The molecule has 2 rings (SSSR count). The Hall–Kier alpha value is -1.85. The van der Waals surface area contributed by atoms with Crippen LogP contribution in [-0.4, -0.2) is 34.2 Å². The maximum Gasteiger partial charge on any atom is 0.249 e. The molecule has 0 aliphatic carbocycles. The minimum Gasteiger partial charge on any atom is -0.344 e. The minimum atomic E-state index is -0.444. The molecule has 0 radical (unpaired) electrons. The van der Waals surface area contributed by atoms with Gasteiger partial charge in [-0.1, -0.05) is 20.3 Å². The number of hydrogen-bond acceptors (Lipinski definition) is 3. The van der Waals surface area contributed by atoms with Crippen molar-refractivity contribution in [2.75, 3.05) is 11.4 Å². The first-order chi connectivity index (χ1) is 9.56. The first kappa shape index (κ1) is 14.6. The largest absolute Gasteiger partial charge is 0.344 e. The molecule has 1 aliphatic rings. The second kappa shape index (κ2) is 6.07. The van der Waals surface area contributed by atoms with Gasteiger partial charge in [0.25, 0.3) is 0 Å². The first-order valence-electron chi connectivity index (χ1n) is 7.20. The van der Waals surface area contributed by atoms with Crippen LogP contribution in [0.15, 0.2) is 12.4 Å². The Morgan fingerprint density at radius 1 is 1.45 bits per heavy atom. The number of carbonyl (C=O) groups excluding carboxylic acids is 2. The van der Waals surface area contributed by atoms with Crippen LogP contribution < -0.4 is 10.2 Å². The summed E-state index contributed by atoms with van der Waals surface area (Å²) >= 11 is 0. The van der Waals surface area contributed by atoms with Gasteiger partial charge < -0.3 is 10.2 Å². The van der Waals surface area contributed by atoms with E-state index in [9.17, 15) is 9.59 Å². The van der Waals surface area contributed by atoms with Gasteiger partial charge in [-0.25, -0.2) is 0 Å². The van der Waals surface area contributed by atoms with E-state index in [-0.39, 0.29) is 17.7 Å². The summed E-state index contributed by atoms with van der Waals surface area (Å²) in [6, 6.07) is -0.444. The van der Waals surface area contributed by atoms with Crippen molar-refractivity contribution in [2.24, 2.45) is 5.92 Å². The predicted octanol–water partition coefficient (Wildman–Crippen LogP) is 1.17. The van der Waals surface area contributed by atoms with Gasteiger partial charge in [0.1, 0.15) is 6.04 Å². The van der Waals surface area contributed by atoms with Crippen molar-refractivity contribution in [2.45, 2.75) is 46.2 Å². The Labute approximate surface area is 119 Å². The molecule has 1 aromatic rings. The highest BCUT2D eigenvalue weighted by molar-refractivity contribution is 6.01. The molecule has 0 saturated carbocycles. The molecule has 2 amide bonds. The van der Waals surface area contributed by atoms with Gasteiger partial charge >= 0.3 is 0 Å². The molecule has 2 heterocycles. The lowest BCUT2D eigenvalue weighted by Gasteiger charge is -2.26. The average molecular weight is 278 g/mol. The zero-order valence-corrected chi connectivity index (χ0v) is 12.3. The van der Waals surface area contributed by atoms with Crippen molar-refractivity contribution >= 4 is 17.5 Å². The van der Waals surface area contributed by atoms with Crippen molar-refractivity contribution in [3.63, 3.8) is 0 Å². The van der Waals surface area contributed by atoms with E-state index < -0.39 is 6.04 Å². The van der Waals surface area contributed by atoms with Gasteiger partial charge in [-0.15, -0.1) is 0 Å². The highest BCUT2D eigenvalue weighted by Crippen LogP contribution is 2.20. The van der Waals surface area contributed by atoms with Gasteiger partial charge in [-0.2, -0.15) is 5.10 Å². The van der Waals surface area contributed by atoms with Gasteiger partial charge in [0.05, 0.1) is 11.9 Å². The van der Waals surface area contributed by atoms with Crippen LogP contribution in [0.25, 0.3) is 0 Å². The summed E-state index contributed by atoms with van der Waals surface area (Å²) in [6.07, 6.45) is 4.71. The van der Waals surface area contributed by atoms with Crippen LogP contribution in [0.4, 0.5) is 5.69 Å². The van der Waals surface area contributed by atoms with E-state index in [2.05, 4.69) is 10.4 Å². The van der Waals surface area contributed by atoms with E-state index in [4.69, 9.17) is 0 Å². The number of nitrogens with one attached hydrogen (secondary N) is 1. The minimum absolute atomic E-state index is 0.0409. The quantitative estimate of drug-likeness (QED) is 0.899. The lowest BCUT2D eigenvalue weighted by Crippen LogP contribution is -2.48. The Morgan fingerprint density at radius 2 is 2.20 bits per heavy atom. The van der Waals surface area contributed by atoms with E-state index in [1.54, 1.807) is 15.8 Å². The summed E-state index contributed by atoms with van der Waals surface area (Å²) in [5.74, 6) is 0.0168. The topological polar surface area (TPSA) is 67.2 Å². The Balaban J connectivity index is 2.27. The fourth-order valence-corrected chi connectivity index (χ4v) is 2.34. The van der Waals surface area contributed by atoms with Crippen LogP contribution in [0.2, 0.25) is 0 Å². The molecule has 110 valence electrons. The molecular formula is C14H22N4O2. The third-order valence-corrected chi connectivity index (χ3v) is 3.88. The van der Waals surface area contributed by atoms with Gasteiger partial charge in [0.2, 0.25) is 11.8 Å². The molecule has 2 unspecified atom stereocenters. The molecule has 1 fully saturated rings. The highest BCUT2D eigenvalue weighted by Gasteiger charge is 2.34. The predicted molar refractivity (Wildman–Crippen MR) is 76.3 cm³/mol. The van der Waals surface area contributed by atoms with Crippen LogP contribution in [0.3, 0.4) is 0 Å². The van der Waals surface area contributed by atoms with Gasteiger partial charge in [-0.3, -0.25) is 14.3 Å². The number of amides is 2. The summed E-state index contributed by atoms with van der Waals surface area (Å²) in [5, 5.41) is 7.04. The molecule has 6 heteroatoms. The van der Waals surface area contributed by atoms with Crippen LogP contribution in [-0.2, 0) is 16.1 Å². The Bertz CT molecular complexity index is 497. The summed E-state index contributed by atoms with van der Waals surface area (Å²) in [6.45, 7) is 7.17. The summed E-state index contributed by atoms with van der Waals surface area (Å²) < 4.78 is 1.78. The number of aryl methyl sites for hydroxylation is 1. The smallest absolute Gasteiger partial charge is 0.249 e. The third kappa shape index (κ3) is 2.84. The highest BCUT2D eigenvalue weighted by atomic mass is 16.2. The van der Waals surface area contributed by atoms with Crippen molar-refractivity contribution in [1.29, 1.82) is 0 Å². The number of hydrogen-bond donors (Lipinski definition) is 1. The number of rotatable bonds is 4. The molecule has 0 spiro atoms. The maximum atomic E-state index is 12.7. The molecule has 6 nitrogen and oxygen atoms in total. The molecule has 1 N–H and O–H groups in total. The molecule has 0 bridgehead atoms. The van der Waals surface area contributed by atoms with Crippen LogP contribution in [0.1, 0.15) is 33.6 Å².